The average Bonchev–Trinajstić information content (AvgIpc) is 2.92. The van der Waals surface area contributed by atoms with Crippen molar-refractivity contribution in [1.82, 2.24) is 15.3 Å². The highest BCUT2D eigenvalue weighted by Gasteiger charge is 2.11. The van der Waals surface area contributed by atoms with E-state index in [1.54, 1.807) is 6.07 Å². The number of hydrogen-bond donors (Lipinski definition) is 2. The van der Waals surface area contributed by atoms with Crippen molar-refractivity contribution in [3.05, 3.63) is 64.1 Å². The number of hydrogen-bond acceptors (Lipinski definition) is 2. The van der Waals surface area contributed by atoms with Crippen LogP contribution >= 0.6 is 11.6 Å². The van der Waals surface area contributed by atoms with Crippen LogP contribution in [0.1, 0.15) is 27.2 Å². The number of fused-ring (bicyclic) bond motifs is 1. The van der Waals surface area contributed by atoms with Gasteiger partial charge in [0.1, 0.15) is 0 Å². The topological polar surface area (TPSA) is 57.8 Å². The van der Waals surface area contributed by atoms with Crippen LogP contribution in [0.4, 0.5) is 0 Å². The van der Waals surface area contributed by atoms with Gasteiger partial charge in [-0.2, -0.15) is 0 Å². The highest BCUT2D eigenvalue weighted by atomic mass is 35.5. The van der Waals surface area contributed by atoms with Gasteiger partial charge in [0.2, 0.25) is 0 Å². The molecule has 0 unspecified atom stereocenters. The van der Waals surface area contributed by atoms with E-state index in [0.29, 0.717) is 17.1 Å². The first kappa shape index (κ1) is 15.6. The molecule has 0 radical (unpaired) electrons. The molecule has 1 amide bonds. The van der Waals surface area contributed by atoms with Crippen molar-refractivity contribution in [2.45, 2.75) is 20.3 Å². The Morgan fingerprint density at radius 3 is 2.96 bits per heavy atom. The van der Waals surface area contributed by atoms with E-state index >= 15 is 0 Å². The molecule has 5 heteroatoms. The van der Waals surface area contributed by atoms with Crippen molar-refractivity contribution in [1.29, 1.82) is 0 Å². The molecule has 2 N–H and O–H groups in total. The number of halogens is 1. The van der Waals surface area contributed by atoms with Crippen molar-refractivity contribution in [2.24, 2.45) is 0 Å². The molecule has 4 nitrogen and oxygen atoms in total. The zero-order valence-corrected chi connectivity index (χ0v) is 13.9. The van der Waals surface area contributed by atoms with Gasteiger partial charge in [-0.1, -0.05) is 29.8 Å². The molecule has 0 bridgehead atoms. The van der Waals surface area contributed by atoms with Crippen molar-refractivity contribution in [3.63, 3.8) is 0 Å². The number of nitrogens with zero attached hydrogens (tertiary/aromatic N) is 1. The first-order valence-electron chi connectivity index (χ1n) is 7.52. The van der Waals surface area contributed by atoms with E-state index in [-0.39, 0.29) is 5.91 Å². The number of nitrogens with one attached hydrogen (secondary N) is 2. The molecule has 2 aromatic heterocycles. The quantitative estimate of drug-likeness (QED) is 0.765. The number of pyridine rings is 1. The van der Waals surface area contributed by atoms with Crippen LogP contribution in [-0.2, 0) is 6.42 Å². The Bertz CT molecular complexity index is 870. The summed E-state index contributed by atoms with van der Waals surface area (Å²) in [5.41, 5.74) is 4.76. The van der Waals surface area contributed by atoms with Crippen LogP contribution in [0.25, 0.3) is 10.9 Å². The third kappa shape index (κ3) is 3.22. The van der Waals surface area contributed by atoms with Gasteiger partial charge >= 0.3 is 0 Å². The zero-order valence-electron chi connectivity index (χ0n) is 13.1. The third-order valence-electron chi connectivity index (χ3n) is 3.92. The fraction of sp³-hybridized carbons (Fsp3) is 0.222. The highest BCUT2D eigenvalue weighted by molar-refractivity contribution is 6.33. The lowest BCUT2D eigenvalue weighted by atomic mass is 10.1. The van der Waals surface area contributed by atoms with Gasteiger partial charge in [-0.3, -0.25) is 9.78 Å². The number of aromatic amines is 1. The Morgan fingerprint density at radius 1 is 1.35 bits per heavy atom. The second-order valence-electron chi connectivity index (χ2n) is 5.62. The lowest BCUT2D eigenvalue weighted by molar-refractivity contribution is 0.0954. The maximum atomic E-state index is 12.2. The number of rotatable bonds is 4. The second kappa shape index (κ2) is 6.42. The Hall–Kier alpha value is -2.33. The molecule has 0 saturated heterocycles. The molecule has 3 rings (SSSR count). The van der Waals surface area contributed by atoms with E-state index in [1.165, 1.54) is 22.7 Å². The predicted octanol–water partition coefficient (Wildman–Crippen LogP) is 3.81. The maximum Gasteiger partial charge on any atom is 0.254 e. The molecule has 0 aliphatic heterocycles. The first-order valence-corrected chi connectivity index (χ1v) is 7.90. The van der Waals surface area contributed by atoms with Crippen LogP contribution in [0, 0.1) is 13.8 Å². The zero-order chi connectivity index (χ0) is 16.4. The van der Waals surface area contributed by atoms with E-state index in [0.717, 1.165) is 17.6 Å². The number of carbonyl (C=O) groups is 1. The van der Waals surface area contributed by atoms with Crippen LogP contribution in [0.2, 0.25) is 5.02 Å². The molecule has 3 aromatic rings. The summed E-state index contributed by atoms with van der Waals surface area (Å²) in [6, 6.07) is 7.91. The molecular weight excluding hydrogens is 310 g/mol. The number of H-pyrrole nitrogens is 1. The minimum atomic E-state index is -0.196. The summed E-state index contributed by atoms with van der Waals surface area (Å²) >= 11 is 6.09. The van der Waals surface area contributed by atoms with Gasteiger partial charge in [-0.25, -0.2) is 0 Å². The standard InChI is InChI=1S/C18H18ClN3O/c1-11-4-3-5-14-13(9-22-17(11)14)6-7-20-18(23)15-10-21-12(2)8-16(15)19/h3-5,8-10,22H,6-7H2,1-2H3,(H,20,23). The summed E-state index contributed by atoms with van der Waals surface area (Å²) < 4.78 is 0. The average molecular weight is 328 g/mol. The number of benzene rings is 1. The van der Waals surface area contributed by atoms with Gasteiger partial charge in [-0.05, 0) is 37.5 Å². The van der Waals surface area contributed by atoms with E-state index in [9.17, 15) is 4.79 Å². The smallest absolute Gasteiger partial charge is 0.254 e. The minimum absolute atomic E-state index is 0.196. The maximum absolute atomic E-state index is 12.2. The number of carbonyl (C=O) groups excluding carboxylic acids is 1. The largest absolute Gasteiger partial charge is 0.361 e. The molecule has 23 heavy (non-hydrogen) atoms. The van der Waals surface area contributed by atoms with Crippen molar-refractivity contribution < 1.29 is 4.79 Å². The predicted molar refractivity (Wildman–Crippen MR) is 93.1 cm³/mol. The van der Waals surface area contributed by atoms with Crippen LogP contribution in [0.5, 0.6) is 0 Å². The van der Waals surface area contributed by atoms with Crippen LogP contribution in [0.15, 0.2) is 36.7 Å². The third-order valence-corrected chi connectivity index (χ3v) is 4.24. The van der Waals surface area contributed by atoms with Gasteiger partial charge in [0, 0.05) is 35.5 Å². The van der Waals surface area contributed by atoms with Gasteiger partial charge in [0.05, 0.1) is 10.6 Å². The normalized spacial score (nSPS) is 10.9. The highest BCUT2D eigenvalue weighted by Crippen LogP contribution is 2.21. The molecule has 0 aliphatic rings. The fourth-order valence-corrected chi connectivity index (χ4v) is 2.96. The first-order chi connectivity index (χ1) is 11.1. The van der Waals surface area contributed by atoms with Crippen LogP contribution in [0.3, 0.4) is 0 Å². The number of aryl methyl sites for hydroxylation is 2. The number of amides is 1. The molecule has 0 saturated carbocycles. The molecule has 1 aromatic carbocycles. The van der Waals surface area contributed by atoms with Crippen LogP contribution in [-0.4, -0.2) is 22.4 Å². The minimum Gasteiger partial charge on any atom is -0.361 e. The molecule has 0 atom stereocenters. The summed E-state index contributed by atoms with van der Waals surface area (Å²) in [5, 5.41) is 4.53. The molecule has 0 spiro atoms. The van der Waals surface area contributed by atoms with Crippen molar-refractivity contribution >= 4 is 28.4 Å². The van der Waals surface area contributed by atoms with E-state index in [1.807, 2.05) is 19.2 Å². The van der Waals surface area contributed by atoms with Gasteiger partial charge in [0.25, 0.3) is 5.91 Å². The summed E-state index contributed by atoms with van der Waals surface area (Å²) in [5.74, 6) is -0.196. The van der Waals surface area contributed by atoms with E-state index < -0.39 is 0 Å². The van der Waals surface area contributed by atoms with E-state index in [4.69, 9.17) is 11.6 Å². The van der Waals surface area contributed by atoms with Gasteiger partial charge in [-0.15, -0.1) is 0 Å². The Labute approximate surface area is 139 Å². The second-order valence-corrected chi connectivity index (χ2v) is 6.03. The van der Waals surface area contributed by atoms with Gasteiger partial charge in [0.15, 0.2) is 0 Å². The molecular formula is C18H18ClN3O. The summed E-state index contributed by atoms with van der Waals surface area (Å²) in [7, 11) is 0. The van der Waals surface area contributed by atoms with Crippen molar-refractivity contribution in [2.75, 3.05) is 6.54 Å². The summed E-state index contributed by atoms with van der Waals surface area (Å²) in [4.78, 5) is 19.6. The van der Waals surface area contributed by atoms with Crippen molar-refractivity contribution in [3.8, 4) is 0 Å². The Kier molecular flexibility index (Phi) is 4.35. The lowest BCUT2D eigenvalue weighted by Crippen LogP contribution is -2.26. The lowest BCUT2D eigenvalue weighted by Gasteiger charge is -2.07. The SMILES string of the molecule is Cc1cc(Cl)c(C(=O)NCCc2c[nH]c3c(C)cccc23)cn1. The molecule has 118 valence electrons. The van der Waals surface area contributed by atoms with E-state index in [2.05, 4.69) is 34.3 Å². The monoisotopic (exact) mass is 327 g/mol. The van der Waals surface area contributed by atoms with Crippen LogP contribution < -0.4 is 5.32 Å². The van der Waals surface area contributed by atoms with Gasteiger partial charge < -0.3 is 10.3 Å². The molecule has 0 fully saturated rings. The number of para-hydroxylation sites is 1. The Morgan fingerprint density at radius 2 is 2.17 bits per heavy atom. The summed E-state index contributed by atoms with van der Waals surface area (Å²) in [6.45, 7) is 4.47. The summed E-state index contributed by atoms with van der Waals surface area (Å²) in [6.07, 6.45) is 4.28. The number of aromatic nitrogens is 2. The fourth-order valence-electron chi connectivity index (χ4n) is 2.67. The Balaban J connectivity index is 1.66. The molecule has 2 heterocycles. The molecule has 0 aliphatic carbocycles.